The summed E-state index contributed by atoms with van der Waals surface area (Å²) >= 11 is 0. The van der Waals surface area contributed by atoms with Crippen LogP contribution in [0.15, 0.2) is 291 Å². The van der Waals surface area contributed by atoms with Gasteiger partial charge in [-0.25, -0.2) is 0 Å². The molecule has 0 atom stereocenters. The number of hydrogen-bond donors (Lipinski definition) is 0. The summed E-state index contributed by atoms with van der Waals surface area (Å²) in [6, 6.07) is 108. The Kier molecular flexibility index (Phi) is 9.58. The number of fused-ring (bicyclic) bond motifs is 15. The Morgan fingerprint density at radius 2 is 0.701 bits per heavy atom. The minimum Gasteiger partial charge on any atom is -0.310 e. The largest absolute Gasteiger partial charge is 0.310 e. The van der Waals surface area contributed by atoms with E-state index in [1.807, 2.05) is 0 Å². The van der Waals surface area contributed by atoms with Gasteiger partial charge in [-0.05, 0) is 166 Å². The second kappa shape index (κ2) is 17.0. The number of benzene rings is 13. The van der Waals surface area contributed by atoms with Crippen LogP contribution in [0.4, 0.5) is 17.1 Å². The maximum Gasteiger partial charge on any atom is 0.0726 e. The van der Waals surface area contributed by atoms with E-state index in [9.17, 15) is 0 Å². The molecule has 0 amide bonds. The zero-order valence-corrected chi connectivity index (χ0v) is 42.1. The van der Waals surface area contributed by atoms with Gasteiger partial charge >= 0.3 is 0 Å². The Bertz CT molecular complexity index is 4600. The van der Waals surface area contributed by atoms with Crippen LogP contribution >= 0.6 is 0 Å². The molecule has 358 valence electrons. The molecule has 13 aromatic carbocycles. The number of anilines is 3. The van der Waals surface area contributed by atoms with E-state index in [2.05, 4.69) is 301 Å². The molecule has 0 unspecified atom stereocenters. The lowest BCUT2D eigenvalue weighted by molar-refractivity contribution is 0.792. The van der Waals surface area contributed by atoms with E-state index in [1.165, 1.54) is 121 Å². The van der Waals surface area contributed by atoms with Gasteiger partial charge in [0.25, 0.3) is 0 Å². The molecule has 16 rings (SSSR count). The molecule has 1 heterocycles. The minimum atomic E-state index is -0.424. The zero-order valence-electron chi connectivity index (χ0n) is 42.1. The first-order valence-corrected chi connectivity index (χ1v) is 26.7. The zero-order chi connectivity index (χ0) is 50.6. The first-order chi connectivity index (χ1) is 38.2. The molecule has 77 heavy (non-hydrogen) atoms. The van der Waals surface area contributed by atoms with Gasteiger partial charge in [-0.15, -0.1) is 0 Å². The molecule has 0 aliphatic heterocycles. The Morgan fingerprint density at radius 3 is 1.32 bits per heavy atom. The van der Waals surface area contributed by atoms with Crippen molar-refractivity contribution < 1.29 is 0 Å². The highest BCUT2D eigenvalue weighted by atomic mass is 15.1. The Balaban J connectivity index is 0.831. The van der Waals surface area contributed by atoms with E-state index in [0.29, 0.717) is 0 Å². The van der Waals surface area contributed by atoms with Gasteiger partial charge in [-0.1, -0.05) is 224 Å². The van der Waals surface area contributed by atoms with Crippen molar-refractivity contribution in [1.82, 2.24) is 4.57 Å². The third kappa shape index (κ3) is 6.37. The number of rotatable bonds is 7. The van der Waals surface area contributed by atoms with Gasteiger partial charge in [0, 0.05) is 33.5 Å². The van der Waals surface area contributed by atoms with Crippen molar-refractivity contribution >= 4 is 60.4 Å². The summed E-state index contributed by atoms with van der Waals surface area (Å²) in [4.78, 5) is 2.40. The van der Waals surface area contributed by atoms with Crippen molar-refractivity contribution in [2.75, 3.05) is 4.90 Å². The predicted molar refractivity (Wildman–Crippen MR) is 323 cm³/mol. The van der Waals surface area contributed by atoms with Crippen molar-refractivity contribution in [3.05, 3.63) is 313 Å². The summed E-state index contributed by atoms with van der Waals surface area (Å²) in [5.41, 5.74) is 24.3. The molecule has 2 nitrogen and oxygen atoms in total. The van der Waals surface area contributed by atoms with Gasteiger partial charge in [0.1, 0.15) is 0 Å². The van der Waals surface area contributed by atoms with Crippen molar-refractivity contribution in [2.24, 2.45) is 0 Å². The van der Waals surface area contributed by atoms with Gasteiger partial charge in [0.2, 0.25) is 0 Å². The molecule has 1 aromatic heterocycles. The average molecular weight is 977 g/mol. The second-order valence-corrected chi connectivity index (χ2v) is 20.7. The number of aromatic nitrogens is 1. The maximum atomic E-state index is 2.49. The molecule has 2 heteroatoms. The quantitative estimate of drug-likeness (QED) is 0.145. The molecular formula is C75H48N2. The summed E-state index contributed by atoms with van der Waals surface area (Å²) in [5.74, 6) is 0. The van der Waals surface area contributed by atoms with Gasteiger partial charge in [0.15, 0.2) is 0 Å². The Labute approximate surface area is 447 Å². The van der Waals surface area contributed by atoms with E-state index < -0.39 is 5.41 Å². The van der Waals surface area contributed by atoms with Crippen LogP contribution in [0.5, 0.6) is 0 Å². The second-order valence-electron chi connectivity index (χ2n) is 20.7. The lowest BCUT2D eigenvalue weighted by Crippen LogP contribution is -2.26. The average Bonchev–Trinajstić information content (AvgIpc) is 3.90. The summed E-state index contributed by atoms with van der Waals surface area (Å²) in [6.45, 7) is 0. The molecule has 2 aliphatic rings. The van der Waals surface area contributed by atoms with Crippen LogP contribution < -0.4 is 4.90 Å². The summed E-state index contributed by atoms with van der Waals surface area (Å²) in [6.07, 6.45) is 0. The van der Waals surface area contributed by atoms with Crippen molar-refractivity contribution in [3.63, 3.8) is 0 Å². The highest BCUT2D eigenvalue weighted by Crippen LogP contribution is 2.63. The molecule has 1 spiro atoms. The topological polar surface area (TPSA) is 8.17 Å². The number of para-hydroxylation sites is 2. The molecule has 0 saturated heterocycles. The monoisotopic (exact) mass is 976 g/mol. The van der Waals surface area contributed by atoms with Crippen LogP contribution in [-0.2, 0) is 5.41 Å². The van der Waals surface area contributed by atoms with E-state index >= 15 is 0 Å². The molecular weight excluding hydrogens is 929 g/mol. The first-order valence-electron chi connectivity index (χ1n) is 26.7. The Morgan fingerprint density at radius 1 is 0.247 bits per heavy atom. The van der Waals surface area contributed by atoms with Crippen molar-refractivity contribution in [2.45, 2.75) is 5.41 Å². The summed E-state index contributed by atoms with van der Waals surface area (Å²) in [7, 11) is 0. The number of hydrogen-bond acceptors (Lipinski definition) is 1. The van der Waals surface area contributed by atoms with Crippen molar-refractivity contribution in [3.8, 4) is 61.3 Å². The SMILES string of the molecule is c1ccc(-c2c3ccccc3c(-c3ccccc3)c3cc(-c4ccc(N(c5ccccc5)c5ccc6c(c5)c5ccccc5n6-c5ccc6c(c5)C5(c7ccccc7-c7ccccc75)c5ccccc5-6)cc4)ccc23)cc1. The standard InChI is InChI=1S/C75H48N2/c1-4-20-50(21-5-1)73-62-30-10-11-31-63(62)74(51-22-6-2-7-23-51)66-46-52(38-43-64(66)73)49-36-39-54(40-37-49)76(53-24-8-3-9-25-53)55-42-45-72-65(47-55)61-29-15-19-35-71(61)77(72)56-41-44-60-59-28-14-18-34-69(59)75(70(60)48-56)67-32-16-12-26-57(67)58-27-13-17-33-68(58)75/h1-48H. The van der Waals surface area contributed by atoms with Crippen LogP contribution in [-0.4, -0.2) is 4.57 Å². The third-order valence-corrected chi connectivity index (χ3v) is 16.8. The van der Waals surface area contributed by atoms with Gasteiger partial charge in [-0.3, -0.25) is 0 Å². The normalized spacial score (nSPS) is 12.8. The molecule has 2 aliphatic carbocycles. The molecule has 0 bridgehead atoms. The van der Waals surface area contributed by atoms with E-state index in [0.717, 1.165) is 22.7 Å². The van der Waals surface area contributed by atoms with E-state index in [-0.39, 0.29) is 0 Å². The minimum absolute atomic E-state index is 0.424. The highest BCUT2D eigenvalue weighted by molar-refractivity contribution is 6.22. The predicted octanol–water partition coefficient (Wildman–Crippen LogP) is 19.9. The molecule has 0 radical (unpaired) electrons. The first kappa shape index (κ1) is 43.4. The van der Waals surface area contributed by atoms with Crippen LogP contribution in [0.1, 0.15) is 22.3 Å². The summed E-state index contributed by atoms with van der Waals surface area (Å²) < 4.78 is 2.48. The Hall–Kier alpha value is -10.0. The van der Waals surface area contributed by atoms with Gasteiger partial charge < -0.3 is 9.47 Å². The van der Waals surface area contributed by atoms with Crippen LogP contribution in [0.25, 0.3) is 105 Å². The molecule has 0 saturated carbocycles. The van der Waals surface area contributed by atoms with Gasteiger partial charge in [-0.2, -0.15) is 0 Å². The molecule has 0 N–H and O–H groups in total. The van der Waals surface area contributed by atoms with E-state index in [4.69, 9.17) is 0 Å². The van der Waals surface area contributed by atoms with Crippen LogP contribution in [0.3, 0.4) is 0 Å². The smallest absolute Gasteiger partial charge is 0.0726 e. The van der Waals surface area contributed by atoms with Crippen LogP contribution in [0.2, 0.25) is 0 Å². The lowest BCUT2D eigenvalue weighted by Gasteiger charge is -2.30. The fourth-order valence-electron chi connectivity index (χ4n) is 13.6. The number of nitrogens with zero attached hydrogens (tertiary/aromatic N) is 2. The molecule has 14 aromatic rings. The lowest BCUT2D eigenvalue weighted by atomic mass is 9.70. The fourth-order valence-corrected chi connectivity index (χ4v) is 13.6. The summed E-state index contributed by atoms with van der Waals surface area (Å²) in [5, 5.41) is 7.43. The maximum absolute atomic E-state index is 2.49. The van der Waals surface area contributed by atoms with Crippen molar-refractivity contribution in [1.29, 1.82) is 0 Å². The third-order valence-electron chi connectivity index (χ3n) is 16.8. The van der Waals surface area contributed by atoms with E-state index in [1.54, 1.807) is 0 Å². The van der Waals surface area contributed by atoms with Crippen LogP contribution in [0, 0.1) is 0 Å². The molecule has 0 fully saturated rings. The van der Waals surface area contributed by atoms with Gasteiger partial charge in [0.05, 0.1) is 16.4 Å². The highest BCUT2D eigenvalue weighted by Gasteiger charge is 2.51. The fraction of sp³-hybridized carbons (Fsp3) is 0.0133.